The Kier molecular flexibility index (Phi) is 6.90. The van der Waals surface area contributed by atoms with Crippen LogP contribution in [-0.2, 0) is 22.5 Å². The summed E-state index contributed by atoms with van der Waals surface area (Å²) in [5.41, 5.74) is 2.89. The number of hydrogen-bond acceptors (Lipinski definition) is 4. The van der Waals surface area contributed by atoms with Crippen LogP contribution in [0, 0.1) is 0 Å². The maximum Gasteiger partial charge on any atom is 0.222 e. The first-order valence-electron chi connectivity index (χ1n) is 10.3. The molecule has 2 aliphatic rings. The minimum absolute atomic E-state index is 0.110. The van der Waals surface area contributed by atoms with E-state index in [9.17, 15) is 4.79 Å². The molecule has 1 unspecified atom stereocenters. The number of benzene rings is 1. The molecule has 2 heterocycles. The van der Waals surface area contributed by atoms with Gasteiger partial charge in [0, 0.05) is 58.3 Å². The zero-order valence-corrected chi connectivity index (χ0v) is 17.2. The van der Waals surface area contributed by atoms with E-state index < -0.39 is 0 Å². The van der Waals surface area contributed by atoms with Crippen LogP contribution in [0.2, 0.25) is 0 Å². The molecule has 1 amide bonds. The molecule has 2 saturated heterocycles. The molecule has 150 valence electrons. The van der Waals surface area contributed by atoms with E-state index in [2.05, 4.69) is 48.0 Å². The fourth-order valence-electron chi connectivity index (χ4n) is 4.49. The van der Waals surface area contributed by atoms with Crippen molar-refractivity contribution in [1.29, 1.82) is 0 Å². The van der Waals surface area contributed by atoms with Gasteiger partial charge in [-0.3, -0.25) is 14.6 Å². The molecule has 3 rings (SSSR count). The number of carbonyl (C=O) groups excluding carboxylic acids is 1. The fraction of sp³-hybridized carbons (Fsp3) is 0.682. The number of carbonyl (C=O) groups is 1. The number of hydrogen-bond donors (Lipinski definition) is 0. The van der Waals surface area contributed by atoms with E-state index in [4.69, 9.17) is 4.74 Å². The summed E-state index contributed by atoms with van der Waals surface area (Å²) in [5.74, 6) is 0.282. The van der Waals surface area contributed by atoms with Gasteiger partial charge in [0.15, 0.2) is 0 Å². The molecular weight excluding hydrogens is 338 g/mol. The first-order chi connectivity index (χ1) is 13.1. The minimum atomic E-state index is 0.110. The Morgan fingerprint density at radius 1 is 1.07 bits per heavy atom. The van der Waals surface area contributed by atoms with Crippen LogP contribution in [-0.4, -0.2) is 79.6 Å². The third kappa shape index (κ3) is 4.89. The Balaban J connectivity index is 1.65. The Bertz CT molecular complexity index is 618. The topological polar surface area (TPSA) is 36.0 Å². The lowest BCUT2D eigenvalue weighted by Gasteiger charge is -2.49. The third-order valence-electron chi connectivity index (χ3n) is 6.49. The highest BCUT2D eigenvalue weighted by Crippen LogP contribution is 2.32. The SMILES string of the molecule is CCc1ccc(CN2CCN(C)C3(CCC(=O)N(CCOC)CC3)C2)cc1. The van der Waals surface area contributed by atoms with E-state index in [1.807, 2.05) is 4.90 Å². The van der Waals surface area contributed by atoms with Crippen LogP contribution in [0.25, 0.3) is 0 Å². The van der Waals surface area contributed by atoms with E-state index in [1.54, 1.807) is 7.11 Å². The minimum Gasteiger partial charge on any atom is -0.383 e. The molecular formula is C22H35N3O2. The standard InChI is InChI=1S/C22H35N3O2/c1-4-19-5-7-20(8-6-19)17-24-14-13-23(2)22(18-24)10-9-21(26)25(12-11-22)15-16-27-3/h5-8H,4,9-18H2,1-3H3. The van der Waals surface area contributed by atoms with Gasteiger partial charge in [-0.15, -0.1) is 0 Å². The van der Waals surface area contributed by atoms with Crippen molar-refractivity contribution < 1.29 is 9.53 Å². The van der Waals surface area contributed by atoms with Crippen molar-refractivity contribution in [2.75, 3.05) is 53.5 Å². The number of rotatable bonds is 6. The molecule has 0 bridgehead atoms. The number of likely N-dealkylation sites (N-methyl/N-ethyl adjacent to an activating group) is 1. The van der Waals surface area contributed by atoms with Crippen molar-refractivity contribution in [3.63, 3.8) is 0 Å². The van der Waals surface area contributed by atoms with Crippen LogP contribution in [0.4, 0.5) is 0 Å². The highest BCUT2D eigenvalue weighted by Gasteiger charge is 2.42. The lowest BCUT2D eigenvalue weighted by molar-refractivity contribution is -0.131. The first kappa shape index (κ1) is 20.3. The van der Waals surface area contributed by atoms with Gasteiger partial charge < -0.3 is 9.64 Å². The van der Waals surface area contributed by atoms with Crippen LogP contribution in [0.1, 0.15) is 37.3 Å². The molecule has 0 aromatic heterocycles. The van der Waals surface area contributed by atoms with Gasteiger partial charge in [0.2, 0.25) is 5.91 Å². The normalized spacial score (nSPS) is 25.1. The molecule has 1 aromatic rings. The largest absolute Gasteiger partial charge is 0.383 e. The zero-order valence-electron chi connectivity index (χ0n) is 17.2. The third-order valence-corrected chi connectivity index (χ3v) is 6.49. The molecule has 2 fully saturated rings. The summed E-state index contributed by atoms with van der Waals surface area (Å²) in [6, 6.07) is 9.04. The van der Waals surface area contributed by atoms with Gasteiger partial charge in [-0.1, -0.05) is 31.2 Å². The van der Waals surface area contributed by atoms with Crippen molar-refractivity contribution in [3.8, 4) is 0 Å². The number of amides is 1. The van der Waals surface area contributed by atoms with Gasteiger partial charge in [-0.2, -0.15) is 0 Å². The maximum absolute atomic E-state index is 12.5. The van der Waals surface area contributed by atoms with Crippen LogP contribution in [0.5, 0.6) is 0 Å². The van der Waals surface area contributed by atoms with Crippen LogP contribution < -0.4 is 0 Å². The lowest BCUT2D eigenvalue weighted by atomic mass is 9.86. The van der Waals surface area contributed by atoms with Crippen molar-refractivity contribution in [1.82, 2.24) is 14.7 Å². The van der Waals surface area contributed by atoms with E-state index in [-0.39, 0.29) is 11.4 Å². The fourth-order valence-corrected chi connectivity index (χ4v) is 4.49. The number of ether oxygens (including phenoxy) is 1. The van der Waals surface area contributed by atoms with Gasteiger partial charge in [0.05, 0.1) is 6.61 Å². The Labute approximate surface area is 164 Å². The zero-order chi connectivity index (χ0) is 19.3. The number of likely N-dealkylation sites (tertiary alicyclic amines) is 1. The summed E-state index contributed by atoms with van der Waals surface area (Å²) in [6.45, 7) is 8.57. The molecule has 2 aliphatic heterocycles. The van der Waals surface area contributed by atoms with E-state index in [0.29, 0.717) is 19.6 Å². The summed E-state index contributed by atoms with van der Waals surface area (Å²) in [5, 5.41) is 0. The molecule has 0 radical (unpaired) electrons. The van der Waals surface area contributed by atoms with Gasteiger partial charge in [0.1, 0.15) is 0 Å². The number of nitrogens with zero attached hydrogens (tertiary/aromatic N) is 3. The predicted molar refractivity (Wildman–Crippen MR) is 109 cm³/mol. The molecule has 5 nitrogen and oxygen atoms in total. The summed E-state index contributed by atoms with van der Waals surface area (Å²) in [6.07, 6.45) is 3.74. The number of piperazine rings is 1. The van der Waals surface area contributed by atoms with Gasteiger partial charge in [-0.25, -0.2) is 0 Å². The highest BCUT2D eigenvalue weighted by atomic mass is 16.5. The Hall–Kier alpha value is -1.43. The van der Waals surface area contributed by atoms with Crippen molar-refractivity contribution >= 4 is 5.91 Å². The Morgan fingerprint density at radius 2 is 1.81 bits per heavy atom. The van der Waals surface area contributed by atoms with Gasteiger partial charge in [0.25, 0.3) is 0 Å². The van der Waals surface area contributed by atoms with Crippen LogP contribution in [0.3, 0.4) is 0 Å². The monoisotopic (exact) mass is 373 g/mol. The first-order valence-corrected chi connectivity index (χ1v) is 10.3. The molecule has 0 N–H and O–H groups in total. The lowest BCUT2D eigenvalue weighted by Crippen LogP contribution is -2.60. The number of aryl methyl sites for hydroxylation is 1. The Morgan fingerprint density at radius 3 is 2.52 bits per heavy atom. The molecule has 0 saturated carbocycles. The summed E-state index contributed by atoms with van der Waals surface area (Å²) < 4.78 is 5.18. The summed E-state index contributed by atoms with van der Waals surface area (Å²) in [4.78, 5) is 19.6. The summed E-state index contributed by atoms with van der Waals surface area (Å²) in [7, 11) is 3.94. The van der Waals surface area contributed by atoms with Gasteiger partial charge >= 0.3 is 0 Å². The van der Waals surface area contributed by atoms with Crippen LogP contribution >= 0.6 is 0 Å². The smallest absolute Gasteiger partial charge is 0.222 e. The van der Waals surface area contributed by atoms with E-state index in [0.717, 1.165) is 52.0 Å². The number of methoxy groups -OCH3 is 1. The van der Waals surface area contributed by atoms with Crippen LogP contribution in [0.15, 0.2) is 24.3 Å². The molecule has 5 heteroatoms. The van der Waals surface area contributed by atoms with Crippen molar-refractivity contribution in [3.05, 3.63) is 35.4 Å². The molecule has 1 aromatic carbocycles. The molecule has 0 aliphatic carbocycles. The average molecular weight is 374 g/mol. The van der Waals surface area contributed by atoms with E-state index in [1.165, 1.54) is 11.1 Å². The summed E-state index contributed by atoms with van der Waals surface area (Å²) >= 11 is 0. The van der Waals surface area contributed by atoms with Crippen molar-refractivity contribution in [2.24, 2.45) is 0 Å². The second-order valence-corrected chi connectivity index (χ2v) is 8.15. The highest BCUT2D eigenvalue weighted by molar-refractivity contribution is 5.76. The second kappa shape index (κ2) is 9.18. The second-order valence-electron chi connectivity index (χ2n) is 8.15. The maximum atomic E-state index is 12.5. The molecule has 1 atom stereocenters. The molecule has 1 spiro atoms. The van der Waals surface area contributed by atoms with Crippen molar-refractivity contribution in [2.45, 2.75) is 44.7 Å². The molecule has 27 heavy (non-hydrogen) atoms. The quantitative estimate of drug-likeness (QED) is 0.767. The average Bonchev–Trinajstić information content (AvgIpc) is 2.84. The van der Waals surface area contributed by atoms with E-state index >= 15 is 0 Å². The van der Waals surface area contributed by atoms with Gasteiger partial charge in [-0.05, 0) is 37.4 Å². The predicted octanol–water partition coefficient (Wildman–Crippen LogP) is 2.39.